The van der Waals surface area contributed by atoms with E-state index in [1.807, 2.05) is 42.5 Å². The Morgan fingerprint density at radius 1 is 0.967 bits per heavy atom. The van der Waals surface area contributed by atoms with E-state index in [1.165, 1.54) is 0 Å². The Kier molecular flexibility index (Phi) is 4.71. The van der Waals surface area contributed by atoms with Crippen LogP contribution in [0.4, 0.5) is 5.95 Å². The molecule has 5 rings (SSSR count). The molecule has 30 heavy (non-hydrogen) atoms. The van der Waals surface area contributed by atoms with Crippen LogP contribution in [0.2, 0.25) is 0 Å². The quantitative estimate of drug-likeness (QED) is 0.412. The number of nitrogens with zero attached hydrogens (tertiary/aromatic N) is 2. The lowest BCUT2D eigenvalue weighted by Gasteiger charge is -2.27. The van der Waals surface area contributed by atoms with Crippen LogP contribution in [0.1, 0.15) is 17.2 Å². The summed E-state index contributed by atoms with van der Waals surface area (Å²) in [5.74, 6) is 2.34. The van der Waals surface area contributed by atoms with Crippen LogP contribution in [-0.2, 0) is 0 Å². The fourth-order valence-corrected chi connectivity index (χ4v) is 4.16. The van der Waals surface area contributed by atoms with Gasteiger partial charge in [0, 0.05) is 21.8 Å². The molecule has 0 fully saturated rings. The third kappa shape index (κ3) is 3.13. The van der Waals surface area contributed by atoms with Crippen LogP contribution in [0, 0.1) is 0 Å². The highest BCUT2D eigenvalue weighted by molar-refractivity contribution is 9.10. The number of hydrogen-bond donors (Lipinski definition) is 1. The van der Waals surface area contributed by atoms with Gasteiger partial charge in [0.1, 0.15) is 11.5 Å². The number of anilines is 1. The Bertz CT molecular complexity index is 1260. The molecular weight excluding hydrogens is 442 g/mol. The van der Waals surface area contributed by atoms with Gasteiger partial charge in [0.25, 0.3) is 0 Å². The monoisotopic (exact) mass is 461 g/mol. The largest absolute Gasteiger partial charge is 0.497 e. The van der Waals surface area contributed by atoms with E-state index in [2.05, 4.69) is 56.2 Å². The topological polar surface area (TPSA) is 48.3 Å². The van der Waals surface area contributed by atoms with Crippen molar-refractivity contribution in [2.75, 3.05) is 19.5 Å². The van der Waals surface area contributed by atoms with Crippen molar-refractivity contribution in [3.63, 3.8) is 0 Å². The summed E-state index contributed by atoms with van der Waals surface area (Å²) in [5.41, 5.74) is 5.15. The summed E-state index contributed by atoms with van der Waals surface area (Å²) in [6.07, 6.45) is 2.22. The van der Waals surface area contributed by atoms with Gasteiger partial charge in [-0.3, -0.25) is 4.57 Å². The Labute approximate surface area is 183 Å². The molecule has 1 atom stereocenters. The molecule has 150 valence electrons. The van der Waals surface area contributed by atoms with Gasteiger partial charge in [-0.25, -0.2) is 4.98 Å². The molecule has 0 amide bonds. The third-order valence-corrected chi connectivity index (χ3v) is 5.89. The van der Waals surface area contributed by atoms with Crippen molar-refractivity contribution in [3.8, 4) is 11.5 Å². The molecule has 0 radical (unpaired) electrons. The Hall–Kier alpha value is -3.25. The zero-order chi connectivity index (χ0) is 20.7. The van der Waals surface area contributed by atoms with E-state index in [4.69, 9.17) is 14.5 Å². The number of ether oxygens (including phenoxy) is 2. The lowest BCUT2D eigenvalue weighted by Crippen LogP contribution is -2.19. The highest BCUT2D eigenvalue weighted by Gasteiger charge is 2.27. The molecule has 5 nitrogen and oxygen atoms in total. The number of benzene rings is 3. The maximum absolute atomic E-state index is 5.73. The molecule has 0 saturated heterocycles. The number of rotatable bonds is 4. The Morgan fingerprint density at radius 2 is 1.77 bits per heavy atom. The van der Waals surface area contributed by atoms with E-state index in [-0.39, 0.29) is 6.04 Å². The van der Waals surface area contributed by atoms with Crippen molar-refractivity contribution in [3.05, 3.63) is 88.4 Å². The fraction of sp³-hybridized carbons (Fsp3) is 0.125. The lowest BCUT2D eigenvalue weighted by atomic mass is 10.00. The number of hydrogen-bond acceptors (Lipinski definition) is 4. The number of methoxy groups -OCH3 is 2. The van der Waals surface area contributed by atoms with Crippen molar-refractivity contribution in [1.82, 2.24) is 9.55 Å². The van der Waals surface area contributed by atoms with Crippen molar-refractivity contribution < 1.29 is 9.47 Å². The first kappa shape index (κ1) is 18.8. The summed E-state index contributed by atoms with van der Waals surface area (Å²) in [6.45, 7) is 0. The molecule has 0 aliphatic carbocycles. The van der Waals surface area contributed by atoms with Gasteiger partial charge in [-0.2, -0.15) is 0 Å². The van der Waals surface area contributed by atoms with Gasteiger partial charge < -0.3 is 14.8 Å². The highest BCUT2D eigenvalue weighted by atomic mass is 79.9. The Morgan fingerprint density at radius 3 is 2.53 bits per heavy atom. The van der Waals surface area contributed by atoms with Crippen LogP contribution in [0.15, 0.2) is 77.3 Å². The molecule has 6 heteroatoms. The highest BCUT2D eigenvalue weighted by Crippen LogP contribution is 2.40. The summed E-state index contributed by atoms with van der Waals surface area (Å²) in [5, 5.41) is 3.51. The van der Waals surface area contributed by atoms with Gasteiger partial charge in [0.05, 0.1) is 31.3 Å². The maximum Gasteiger partial charge on any atom is 0.209 e. The normalized spacial score (nSPS) is 15.3. The van der Waals surface area contributed by atoms with E-state index >= 15 is 0 Å². The van der Waals surface area contributed by atoms with Gasteiger partial charge in [-0.05, 0) is 48.0 Å². The first-order valence-electron chi connectivity index (χ1n) is 9.61. The lowest BCUT2D eigenvalue weighted by molar-refractivity contribution is 0.389. The molecule has 0 bridgehead atoms. The second-order valence-electron chi connectivity index (χ2n) is 7.06. The van der Waals surface area contributed by atoms with Crippen LogP contribution in [0.25, 0.3) is 16.7 Å². The van der Waals surface area contributed by atoms with Crippen LogP contribution < -0.4 is 14.8 Å². The van der Waals surface area contributed by atoms with Gasteiger partial charge in [-0.1, -0.05) is 40.2 Å². The molecule has 1 aromatic heterocycles. The molecule has 2 heterocycles. The molecule has 0 spiro atoms. The predicted molar refractivity (Wildman–Crippen MR) is 123 cm³/mol. The van der Waals surface area contributed by atoms with Gasteiger partial charge in [-0.15, -0.1) is 0 Å². The third-order valence-electron chi connectivity index (χ3n) is 5.36. The molecule has 0 saturated carbocycles. The van der Waals surface area contributed by atoms with Gasteiger partial charge in [0.15, 0.2) is 0 Å². The molecular formula is C24H20BrN3O2. The molecule has 3 aromatic carbocycles. The van der Waals surface area contributed by atoms with E-state index in [9.17, 15) is 0 Å². The second-order valence-corrected chi connectivity index (χ2v) is 7.97. The van der Waals surface area contributed by atoms with Crippen LogP contribution in [0.3, 0.4) is 0 Å². The number of nitrogens with one attached hydrogen (secondary N) is 1. The average molecular weight is 462 g/mol. The minimum Gasteiger partial charge on any atom is -0.497 e. The number of halogens is 1. The first-order valence-corrected chi connectivity index (χ1v) is 10.4. The van der Waals surface area contributed by atoms with E-state index in [1.54, 1.807) is 14.2 Å². The first-order chi connectivity index (χ1) is 14.7. The fourth-order valence-electron chi connectivity index (χ4n) is 3.90. The average Bonchev–Trinajstić information content (AvgIpc) is 3.17. The summed E-state index contributed by atoms with van der Waals surface area (Å²) < 4.78 is 14.4. The number of allylic oxidation sites excluding steroid dienone is 1. The van der Waals surface area contributed by atoms with Crippen LogP contribution in [-0.4, -0.2) is 23.8 Å². The van der Waals surface area contributed by atoms with E-state index in [0.717, 1.165) is 49.8 Å². The smallest absolute Gasteiger partial charge is 0.209 e. The molecule has 1 N–H and O–H groups in total. The van der Waals surface area contributed by atoms with Crippen molar-refractivity contribution in [1.29, 1.82) is 0 Å². The molecule has 0 unspecified atom stereocenters. The van der Waals surface area contributed by atoms with Crippen molar-refractivity contribution >= 4 is 38.6 Å². The zero-order valence-corrected chi connectivity index (χ0v) is 18.2. The van der Waals surface area contributed by atoms with E-state index in [0.29, 0.717) is 0 Å². The molecule has 1 aliphatic heterocycles. The van der Waals surface area contributed by atoms with Crippen LogP contribution in [0.5, 0.6) is 11.5 Å². The summed E-state index contributed by atoms with van der Waals surface area (Å²) in [7, 11) is 3.34. The number of para-hydroxylation sites is 2. The Balaban J connectivity index is 1.73. The summed E-state index contributed by atoms with van der Waals surface area (Å²) in [6, 6.07) is 22.3. The predicted octanol–water partition coefficient (Wildman–Crippen LogP) is 5.87. The van der Waals surface area contributed by atoms with Crippen LogP contribution >= 0.6 is 15.9 Å². The zero-order valence-electron chi connectivity index (χ0n) is 16.6. The maximum atomic E-state index is 5.73. The molecule has 1 aliphatic rings. The van der Waals surface area contributed by atoms with Gasteiger partial charge >= 0.3 is 0 Å². The minimum atomic E-state index is -0.0897. The van der Waals surface area contributed by atoms with E-state index < -0.39 is 0 Å². The molecule has 4 aromatic rings. The minimum absolute atomic E-state index is 0.0897. The standard InChI is InChI=1S/C24H20BrN3O2/c1-29-17-11-12-18(23(13-17)30-2)22-14-20(15-7-9-16(25)10-8-15)27-24-26-19-5-3-4-6-21(19)28(22)24/h3-14,22H,1-2H3,(H,26,27)/t22-/m0/s1. The van der Waals surface area contributed by atoms with Gasteiger partial charge in [0.2, 0.25) is 5.95 Å². The second kappa shape index (κ2) is 7.54. The summed E-state index contributed by atoms with van der Waals surface area (Å²) in [4.78, 5) is 4.85. The number of fused-ring (bicyclic) bond motifs is 3. The van der Waals surface area contributed by atoms with Crippen molar-refractivity contribution in [2.24, 2.45) is 0 Å². The summed E-state index contributed by atoms with van der Waals surface area (Å²) >= 11 is 3.51. The SMILES string of the molecule is COc1ccc([C@@H]2C=C(c3ccc(Br)cc3)Nc3nc4ccccc4n32)c(OC)c1. The van der Waals surface area contributed by atoms with Crippen molar-refractivity contribution in [2.45, 2.75) is 6.04 Å². The number of aromatic nitrogens is 2. The number of imidazole rings is 1.